The topological polar surface area (TPSA) is 39.3 Å². The maximum atomic E-state index is 3.75. The van der Waals surface area contributed by atoms with Crippen molar-refractivity contribution in [2.45, 2.75) is 70.3 Å². The fourth-order valence-corrected chi connectivity index (χ4v) is 6.02. The van der Waals surface area contributed by atoms with Gasteiger partial charge in [-0.2, -0.15) is 0 Å². The van der Waals surface area contributed by atoms with Crippen LogP contribution >= 0.6 is 0 Å². The molecule has 0 amide bonds. The van der Waals surface area contributed by atoms with Gasteiger partial charge in [-0.3, -0.25) is 5.43 Å². The van der Waals surface area contributed by atoms with Crippen LogP contribution in [0.2, 0.25) is 0 Å². The molecule has 4 fully saturated rings. The Morgan fingerprint density at radius 1 is 0.750 bits per heavy atom. The summed E-state index contributed by atoms with van der Waals surface area (Å²) in [5, 5.41) is 9.79. The average Bonchev–Trinajstić information content (AvgIpc) is 3.12. The molecule has 2 heterocycles. The molecule has 0 aromatic heterocycles. The second-order valence-corrected chi connectivity index (χ2v) is 8.95. The summed E-state index contributed by atoms with van der Waals surface area (Å²) in [4.78, 5) is 0. The minimum Gasteiger partial charge on any atom is -0.304 e. The van der Waals surface area contributed by atoms with Gasteiger partial charge in [-0.1, -0.05) is 32.1 Å². The lowest BCUT2D eigenvalue weighted by molar-refractivity contribution is 0.0659. The fourth-order valence-electron chi connectivity index (χ4n) is 6.02. The highest BCUT2D eigenvalue weighted by Gasteiger charge is 2.37. The second-order valence-electron chi connectivity index (χ2n) is 8.95. The summed E-state index contributed by atoms with van der Waals surface area (Å²) in [6.45, 7) is 6.01. The molecule has 24 heavy (non-hydrogen) atoms. The third-order valence-corrected chi connectivity index (χ3v) is 7.36. The predicted octanol–water partition coefficient (Wildman–Crippen LogP) is 2.72. The Morgan fingerprint density at radius 3 is 2.38 bits per heavy atom. The van der Waals surface area contributed by atoms with Gasteiger partial charge in [0, 0.05) is 38.9 Å². The van der Waals surface area contributed by atoms with Crippen LogP contribution in [0.25, 0.3) is 0 Å². The van der Waals surface area contributed by atoms with Crippen LogP contribution in [-0.4, -0.2) is 43.9 Å². The highest BCUT2D eigenvalue weighted by molar-refractivity contribution is 4.90. The number of hydrazine groups is 1. The third kappa shape index (κ3) is 4.14. The van der Waals surface area contributed by atoms with Crippen LogP contribution in [-0.2, 0) is 0 Å². The molecule has 2 aliphatic carbocycles. The van der Waals surface area contributed by atoms with E-state index in [9.17, 15) is 0 Å². The summed E-state index contributed by atoms with van der Waals surface area (Å²) in [6.07, 6.45) is 14.6. The molecule has 0 aromatic carbocycles. The van der Waals surface area contributed by atoms with Crippen LogP contribution in [0.4, 0.5) is 0 Å². The molecule has 138 valence electrons. The second kappa shape index (κ2) is 8.48. The van der Waals surface area contributed by atoms with Crippen LogP contribution in [0.5, 0.6) is 0 Å². The number of hydrogen-bond donors (Lipinski definition) is 3. The first-order chi connectivity index (χ1) is 11.9. The van der Waals surface area contributed by atoms with E-state index in [0.29, 0.717) is 0 Å². The summed E-state index contributed by atoms with van der Waals surface area (Å²) in [6, 6.07) is 0.819. The van der Waals surface area contributed by atoms with Gasteiger partial charge in [0.15, 0.2) is 0 Å². The normalized spacial score (nSPS) is 37.8. The Morgan fingerprint density at radius 2 is 1.54 bits per heavy atom. The van der Waals surface area contributed by atoms with E-state index in [4.69, 9.17) is 0 Å². The minimum atomic E-state index is 0.819. The predicted molar refractivity (Wildman–Crippen MR) is 99.5 cm³/mol. The molecule has 4 rings (SSSR count). The first-order valence-electron chi connectivity index (χ1n) is 10.8. The van der Waals surface area contributed by atoms with Gasteiger partial charge in [0.1, 0.15) is 0 Å². The molecule has 0 spiro atoms. The van der Waals surface area contributed by atoms with Gasteiger partial charge in [-0.15, -0.1) is 0 Å². The van der Waals surface area contributed by atoms with Crippen molar-refractivity contribution in [3.63, 3.8) is 0 Å². The first kappa shape index (κ1) is 17.3. The summed E-state index contributed by atoms with van der Waals surface area (Å²) in [7, 11) is 0. The van der Waals surface area contributed by atoms with E-state index < -0.39 is 0 Å². The van der Waals surface area contributed by atoms with Crippen molar-refractivity contribution in [1.82, 2.24) is 21.1 Å². The van der Waals surface area contributed by atoms with Gasteiger partial charge in [0.25, 0.3) is 0 Å². The molecular weight excluding hydrogens is 296 g/mol. The summed E-state index contributed by atoms with van der Waals surface area (Å²) >= 11 is 0. The van der Waals surface area contributed by atoms with Crippen molar-refractivity contribution in [2.75, 3.05) is 32.8 Å². The molecule has 3 unspecified atom stereocenters. The lowest BCUT2D eigenvalue weighted by atomic mass is 9.72. The Balaban J connectivity index is 1.32. The number of nitrogens with one attached hydrogen (secondary N) is 3. The lowest BCUT2D eigenvalue weighted by Crippen LogP contribution is -2.49. The SMILES string of the molecule is C1CCC(CN2NCCC2C2CCCC(C3CNCNC3)C2)CC1. The molecule has 2 saturated heterocycles. The van der Waals surface area contributed by atoms with Crippen molar-refractivity contribution in [3.05, 3.63) is 0 Å². The zero-order valence-electron chi connectivity index (χ0n) is 15.4. The Labute approximate surface area is 148 Å². The van der Waals surface area contributed by atoms with Gasteiger partial charge in [-0.25, -0.2) is 5.01 Å². The fraction of sp³-hybridized carbons (Fsp3) is 1.00. The molecule has 0 aromatic rings. The third-order valence-electron chi connectivity index (χ3n) is 7.36. The monoisotopic (exact) mass is 334 g/mol. The van der Waals surface area contributed by atoms with E-state index in [1.54, 1.807) is 0 Å². The molecule has 4 heteroatoms. The molecule has 3 atom stereocenters. The van der Waals surface area contributed by atoms with E-state index in [1.165, 1.54) is 90.4 Å². The van der Waals surface area contributed by atoms with Gasteiger partial charge in [-0.05, 0) is 55.8 Å². The standard InChI is InChI=1S/C20H38N4/c1-2-5-16(6-3-1)14-24-20(9-10-23-24)18-8-4-7-17(11-18)19-12-21-15-22-13-19/h16-23H,1-15H2. The maximum Gasteiger partial charge on any atom is 0.0454 e. The van der Waals surface area contributed by atoms with E-state index in [-0.39, 0.29) is 0 Å². The Bertz CT molecular complexity index is 376. The molecular formula is C20H38N4. The first-order valence-corrected chi connectivity index (χ1v) is 10.8. The van der Waals surface area contributed by atoms with Crippen molar-refractivity contribution >= 4 is 0 Å². The highest BCUT2D eigenvalue weighted by atomic mass is 15.5. The zero-order chi connectivity index (χ0) is 16.2. The van der Waals surface area contributed by atoms with Crippen molar-refractivity contribution in [1.29, 1.82) is 0 Å². The van der Waals surface area contributed by atoms with Crippen LogP contribution in [0.3, 0.4) is 0 Å². The molecule has 4 aliphatic rings. The lowest BCUT2D eigenvalue weighted by Gasteiger charge is -2.41. The van der Waals surface area contributed by atoms with Crippen molar-refractivity contribution in [2.24, 2.45) is 23.7 Å². The molecule has 2 aliphatic heterocycles. The van der Waals surface area contributed by atoms with Gasteiger partial charge in [0.2, 0.25) is 0 Å². The molecule has 3 N–H and O–H groups in total. The summed E-state index contributed by atoms with van der Waals surface area (Å²) in [5.74, 6) is 3.70. The summed E-state index contributed by atoms with van der Waals surface area (Å²) in [5.41, 5.74) is 3.75. The van der Waals surface area contributed by atoms with Crippen LogP contribution in [0, 0.1) is 23.7 Å². The van der Waals surface area contributed by atoms with Crippen molar-refractivity contribution < 1.29 is 0 Å². The van der Waals surface area contributed by atoms with Gasteiger partial charge in [0.05, 0.1) is 0 Å². The van der Waals surface area contributed by atoms with Gasteiger partial charge >= 0.3 is 0 Å². The minimum absolute atomic E-state index is 0.819. The van der Waals surface area contributed by atoms with E-state index >= 15 is 0 Å². The van der Waals surface area contributed by atoms with E-state index in [1.807, 2.05) is 0 Å². The quantitative estimate of drug-likeness (QED) is 0.739. The molecule has 0 bridgehead atoms. The van der Waals surface area contributed by atoms with E-state index in [0.717, 1.165) is 36.4 Å². The zero-order valence-corrected chi connectivity index (χ0v) is 15.4. The van der Waals surface area contributed by atoms with Crippen molar-refractivity contribution in [3.8, 4) is 0 Å². The van der Waals surface area contributed by atoms with Crippen LogP contribution < -0.4 is 16.1 Å². The Hall–Kier alpha value is -0.160. The van der Waals surface area contributed by atoms with E-state index in [2.05, 4.69) is 21.1 Å². The maximum absolute atomic E-state index is 3.75. The number of rotatable bonds is 4. The van der Waals surface area contributed by atoms with Gasteiger partial charge < -0.3 is 10.6 Å². The average molecular weight is 335 g/mol. The molecule has 4 nitrogen and oxygen atoms in total. The number of hydrogen-bond acceptors (Lipinski definition) is 4. The van der Waals surface area contributed by atoms with Crippen LogP contribution in [0.15, 0.2) is 0 Å². The molecule has 2 saturated carbocycles. The Kier molecular flexibility index (Phi) is 6.10. The van der Waals surface area contributed by atoms with Crippen LogP contribution in [0.1, 0.15) is 64.2 Å². The smallest absolute Gasteiger partial charge is 0.0454 e. The largest absolute Gasteiger partial charge is 0.304 e. The number of nitrogens with zero attached hydrogens (tertiary/aromatic N) is 1. The summed E-state index contributed by atoms with van der Waals surface area (Å²) < 4.78 is 0. The molecule has 0 radical (unpaired) electrons. The highest BCUT2D eigenvalue weighted by Crippen LogP contribution is 2.39.